The highest BCUT2D eigenvalue weighted by molar-refractivity contribution is 7.89. The van der Waals surface area contributed by atoms with E-state index < -0.39 is 10.0 Å². The molecule has 8 heteroatoms. The number of fused-ring (bicyclic) bond motifs is 1. The molecule has 0 fully saturated rings. The summed E-state index contributed by atoms with van der Waals surface area (Å²) in [4.78, 5) is 8.65. The Labute approximate surface area is 127 Å². The lowest BCUT2D eigenvalue weighted by Crippen LogP contribution is -2.18. The molecule has 1 aromatic carbocycles. The van der Waals surface area contributed by atoms with E-state index in [0.717, 1.165) is 5.65 Å². The Morgan fingerprint density at radius 3 is 2.77 bits per heavy atom. The molecule has 0 saturated carbocycles. The summed E-state index contributed by atoms with van der Waals surface area (Å²) in [6.07, 6.45) is 5.12. The molecule has 0 aliphatic carbocycles. The summed E-state index contributed by atoms with van der Waals surface area (Å²) >= 11 is 0. The van der Waals surface area contributed by atoms with Crippen molar-refractivity contribution in [3.8, 4) is 17.0 Å². The molecule has 2 aromatic heterocycles. The van der Waals surface area contributed by atoms with Crippen molar-refractivity contribution in [2.24, 2.45) is 0 Å². The number of methoxy groups -OCH3 is 1. The number of sulfonamides is 1. The quantitative estimate of drug-likeness (QED) is 0.784. The molecule has 2 heterocycles. The van der Waals surface area contributed by atoms with Crippen LogP contribution in [-0.4, -0.2) is 36.9 Å². The van der Waals surface area contributed by atoms with Gasteiger partial charge in [0.05, 0.1) is 17.7 Å². The number of ether oxygens (including phenoxy) is 1. The number of hydrogen-bond acceptors (Lipinski definition) is 5. The van der Waals surface area contributed by atoms with Crippen LogP contribution in [0.3, 0.4) is 0 Å². The summed E-state index contributed by atoms with van der Waals surface area (Å²) in [5.41, 5.74) is 2.14. The monoisotopic (exact) mass is 318 g/mol. The first-order valence-corrected chi connectivity index (χ1v) is 7.94. The summed E-state index contributed by atoms with van der Waals surface area (Å²) in [5, 5.41) is 0. The molecule has 0 aliphatic heterocycles. The number of imidazole rings is 1. The van der Waals surface area contributed by atoms with E-state index in [4.69, 9.17) is 4.74 Å². The van der Waals surface area contributed by atoms with Gasteiger partial charge >= 0.3 is 0 Å². The van der Waals surface area contributed by atoms with Crippen LogP contribution in [-0.2, 0) is 10.0 Å². The second-order valence-corrected chi connectivity index (χ2v) is 6.43. The average Bonchev–Trinajstić information content (AvgIpc) is 2.98. The first-order chi connectivity index (χ1) is 10.5. The number of nitrogens with zero attached hydrogens (tertiary/aromatic N) is 3. The predicted octanol–water partition coefficient (Wildman–Crippen LogP) is 1.31. The lowest BCUT2D eigenvalue weighted by atomic mass is 10.1. The van der Waals surface area contributed by atoms with E-state index in [1.807, 2.05) is 6.20 Å². The molecule has 7 nitrogen and oxygen atoms in total. The van der Waals surface area contributed by atoms with Gasteiger partial charge in [-0.05, 0) is 25.2 Å². The molecule has 0 amide bonds. The van der Waals surface area contributed by atoms with Crippen LogP contribution in [0.4, 0.5) is 0 Å². The van der Waals surface area contributed by atoms with E-state index >= 15 is 0 Å². The van der Waals surface area contributed by atoms with Crippen LogP contribution in [0.5, 0.6) is 5.75 Å². The molecule has 3 rings (SSSR count). The Balaban J connectivity index is 2.14. The van der Waals surface area contributed by atoms with Crippen molar-refractivity contribution < 1.29 is 13.2 Å². The minimum Gasteiger partial charge on any atom is -0.496 e. The van der Waals surface area contributed by atoms with Crippen LogP contribution < -0.4 is 9.46 Å². The van der Waals surface area contributed by atoms with Gasteiger partial charge in [-0.25, -0.2) is 23.1 Å². The number of benzene rings is 1. The number of aromatic nitrogens is 3. The van der Waals surface area contributed by atoms with Gasteiger partial charge in [0.25, 0.3) is 0 Å². The van der Waals surface area contributed by atoms with Gasteiger partial charge in [-0.3, -0.25) is 4.40 Å². The Hall–Kier alpha value is -2.45. The lowest BCUT2D eigenvalue weighted by molar-refractivity contribution is 0.415. The maximum atomic E-state index is 11.9. The average molecular weight is 318 g/mol. The van der Waals surface area contributed by atoms with Gasteiger partial charge in [0.2, 0.25) is 10.0 Å². The van der Waals surface area contributed by atoms with Crippen molar-refractivity contribution in [3.05, 3.63) is 43.0 Å². The minimum absolute atomic E-state index is 0.140. The van der Waals surface area contributed by atoms with Crippen molar-refractivity contribution in [3.63, 3.8) is 0 Å². The maximum absolute atomic E-state index is 11.9. The zero-order chi connectivity index (χ0) is 15.7. The predicted molar refractivity (Wildman–Crippen MR) is 81.2 cm³/mol. The van der Waals surface area contributed by atoms with Gasteiger partial charge in [0.15, 0.2) is 0 Å². The third kappa shape index (κ3) is 2.42. The number of hydrogen-bond donors (Lipinski definition) is 1. The van der Waals surface area contributed by atoms with Crippen LogP contribution in [0, 0.1) is 0 Å². The first-order valence-electron chi connectivity index (χ1n) is 6.46. The highest BCUT2D eigenvalue weighted by Crippen LogP contribution is 2.31. The van der Waals surface area contributed by atoms with Crippen LogP contribution in [0.15, 0.2) is 47.9 Å². The molecule has 0 unspecified atom stereocenters. The van der Waals surface area contributed by atoms with Crippen molar-refractivity contribution in [2.75, 3.05) is 14.2 Å². The zero-order valence-corrected chi connectivity index (χ0v) is 12.8. The van der Waals surface area contributed by atoms with Gasteiger partial charge < -0.3 is 4.74 Å². The third-order valence-corrected chi connectivity index (χ3v) is 4.70. The number of rotatable bonds is 4. The molecule has 0 aliphatic rings. The Morgan fingerprint density at radius 1 is 1.27 bits per heavy atom. The van der Waals surface area contributed by atoms with Crippen molar-refractivity contribution >= 4 is 15.7 Å². The van der Waals surface area contributed by atoms with Gasteiger partial charge in [-0.2, -0.15) is 0 Å². The van der Waals surface area contributed by atoms with Gasteiger partial charge in [0, 0.05) is 24.0 Å². The number of nitrogens with one attached hydrogen (secondary N) is 1. The molecule has 114 valence electrons. The van der Waals surface area contributed by atoms with Gasteiger partial charge in [-0.1, -0.05) is 0 Å². The second kappa shape index (κ2) is 5.39. The molecular weight excluding hydrogens is 304 g/mol. The second-order valence-electron chi connectivity index (χ2n) is 4.54. The highest BCUT2D eigenvalue weighted by atomic mass is 32.2. The first kappa shape index (κ1) is 14.5. The molecule has 0 spiro atoms. The molecule has 22 heavy (non-hydrogen) atoms. The van der Waals surface area contributed by atoms with E-state index in [9.17, 15) is 8.42 Å². The summed E-state index contributed by atoms with van der Waals surface area (Å²) < 4.78 is 33.1. The molecule has 0 bridgehead atoms. The van der Waals surface area contributed by atoms with Crippen molar-refractivity contribution in [1.82, 2.24) is 19.1 Å². The fourth-order valence-electron chi connectivity index (χ4n) is 2.14. The topological polar surface area (TPSA) is 85.6 Å². The third-order valence-electron chi connectivity index (χ3n) is 3.29. The van der Waals surface area contributed by atoms with Gasteiger partial charge in [0.1, 0.15) is 17.7 Å². The van der Waals surface area contributed by atoms with Crippen molar-refractivity contribution in [1.29, 1.82) is 0 Å². The van der Waals surface area contributed by atoms with E-state index in [1.54, 1.807) is 29.1 Å². The molecule has 0 radical (unpaired) electrons. The SMILES string of the molecule is CNS(=O)(=O)c1ccc(-c2cn3cnccc3n2)c(OC)c1. The van der Waals surface area contributed by atoms with E-state index in [1.165, 1.54) is 26.3 Å². The summed E-state index contributed by atoms with van der Waals surface area (Å²) in [6, 6.07) is 6.46. The summed E-state index contributed by atoms with van der Waals surface area (Å²) in [6.45, 7) is 0. The standard InChI is InChI=1S/C14H14N4O3S/c1-15-22(19,20)10-3-4-11(13(7-10)21-2)12-8-18-9-16-6-5-14(18)17-12/h3-9,15H,1-2H3. The van der Waals surface area contributed by atoms with Crippen molar-refractivity contribution in [2.45, 2.75) is 4.90 Å². The molecular formula is C14H14N4O3S. The van der Waals surface area contributed by atoms with E-state index in [0.29, 0.717) is 17.0 Å². The van der Waals surface area contributed by atoms with Gasteiger partial charge in [-0.15, -0.1) is 0 Å². The highest BCUT2D eigenvalue weighted by Gasteiger charge is 2.16. The van der Waals surface area contributed by atoms with E-state index in [-0.39, 0.29) is 4.90 Å². The fraction of sp³-hybridized carbons (Fsp3) is 0.143. The largest absolute Gasteiger partial charge is 0.496 e. The maximum Gasteiger partial charge on any atom is 0.240 e. The Bertz CT molecular complexity index is 901. The van der Waals surface area contributed by atoms with E-state index in [2.05, 4.69) is 14.7 Å². The Kier molecular flexibility index (Phi) is 3.55. The fourth-order valence-corrected chi connectivity index (χ4v) is 2.89. The normalized spacial score (nSPS) is 11.7. The van der Waals surface area contributed by atoms with Crippen LogP contribution >= 0.6 is 0 Å². The molecule has 0 saturated heterocycles. The molecule has 1 N–H and O–H groups in total. The van der Waals surface area contributed by atoms with Crippen LogP contribution in [0.2, 0.25) is 0 Å². The summed E-state index contributed by atoms with van der Waals surface area (Å²) in [7, 11) is -0.662. The molecule has 0 atom stereocenters. The lowest BCUT2D eigenvalue weighted by Gasteiger charge is -2.09. The minimum atomic E-state index is -3.52. The molecule has 3 aromatic rings. The zero-order valence-electron chi connectivity index (χ0n) is 12.0. The summed E-state index contributed by atoms with van der Waals surface area (Å²) in [5.74, 6) is 0.438. The smallest absolute Gasteiger partial charge is 0.240 e. The Morgan fingerprint density at radius 2 is 2.09 bits per heavy atom. The van der Waals surface area contributed by atoms with Crippen LogP contribution in [0.25, 0.3) is 16.9 Å². The van der Waals surface area contributed by atoms with Crippen LogP contribution in [0.1, 0.15) is 0 Å².